The minimum atomic E-state index is -0.754. The average Bonchev–Trinajstić information content (AvgIpc) is 3.06. The normalized spacial score (nSPS) is 11.9. The highest BCUT2D eigenvalue weighted by molar-refractivity contribution is 5.89. The summed E-state index contributed by atoms with van der Waals surface area (Å²) < 4.78 is 20.4. The van der Waals surface area contributed by atoms with Crippen LogP contribution in [0.25, 0.3) is 0 Å². The monoisotopic (exact) mass is 306 g/mol. The summed E-state index contributed by atoms with van der Waals surface area (Å²) in [5, 5.41) is 9.77. The molecule has 1 atom stereocenters. The molecule has 1 aromatic carbocycles. The third-order valence-corrected chi connectivity index (χ3v) is 2.85. The number of furan rings is 1. The Bertz CT molecular complexity index is 561. The molecular weight excluding hydrogens is 288 g/mol. The molecule has 0 radical (unpaired) electrons. The molecule has 6 nitrogen and oxygen atoms in total. The summed E-state index contributed by atoms with van der Waals surface area (Å²) in [6.07, 6.45) is 0.811. The van der Waals surface area contributed by atoms with Gasteiger partial charge in [0.1, 0.15) is 30.8 Å². The van der Waals surface area contributed by atoms with Gasteiger partial charge in [-0.2, -0.15) is 0 Å². The molecule has 118 valence electrons. The Labute approximate surface area is 128 Å². The van der Waals surface area contributed by atoms with E-state index in [-0.39, 0.29) is 13.2 Å². The lowest BCUT2D eigenvalue weighted by Gasteiger charge is -2.12. The van der Waals surface area contributed by atoms with Gasteiger partial charge in [-0.05, 0) is 36.4 Å². The highest BCUT2D eigenvalue weighted by atomic mass is 16.5. The van der Waals surface area contributed by atoms with Gasteiger partial charge in [0.15, 0.2) is 0 Å². The summed E-state index contributed by atoms with van der Waals surface area (Å²) >= 11 is 0. The number of hydrogen-bond donors (Lipinski definition) is 1. The summed E-state index contributed by atoms with van der Waals surface area (Å²) in [6, 6.07) is 10.1. The van der Waals surface area contributed by atoms with Crippen LogP contribution in [-0.4, -0.2) is 37.5 Å². The van der Waals surface area contributed by atoms with Gasteiger partial charge in [-0.3, -0.25) is 0 Å². The van der Waals surface area contributed by atoms with Crippen molar-refractivity contribution in [2.24, 2.45) is 0 Å². The molecule has 0 aliphatic heterocycles. The third kappa shape index (κ3) is 4.91. The van der Waals surface area contributed by atoms with Gasteiger partial charge < -0.3 is 23.7 Å². The molecule has 0 bridgehead atoms. The zero-order valence-corrected chi connectivity index (χ0v) is 12.2. The minimum Gasteiger partial charge on any atom is -0.491 e. The molecule has 22 heavy (non-hydrogen) atoms. The van der Waals surface area contributed by atoms with Gasteiger partial charge in [0.05, 0.1) is 25.5 Å². The largest absolute Gasteiger partial charge is 0.491 e. The van der Waals surface area contributed by atoms with Crippen LogP contribution in [0.15, 0.2) is 47.1 Å². The smallest absolute Gasteiger partial charge is 0.337 e. The summed E-state index contributed by atoms with van der Waals surface area (Å²) in [6.45, 7) is 0.536. The van der Waals surface area contributed by atoms with E-state index in [0.29, 0.717) is 23.7 Å². The predicted molar refractivity (Wildman–Crippen MR) is 77.6 cm³/mol. The van der Waals surface area contributed by atoms with Gasteiger partial charge in [-0.1, -0.05) is 0 Å². The molecule has 2 rings (SSSR count). The van der Waals surface area contributed by atoms with Crippen molar-refractivity contribution in [1.29, 1.82) is 0 Å². The van der Waals surface area contributed by atoms with Crippen LogP contribution in [0.3, 0.4) is 0 Å². The molecule has 0 saturated carbocycles. The highest BCUT2D eigenvalue weighted by Gasteiger charge is 2.08. The van der Waals surface area contributed by atoms with Gasteiger partial charge in [-0.25, -0.2) is 4.79 Å². The van der Waals surface area contributed by atoms with Crippen LogP contribution in [0, 0.1) is 0 Å². The molecule has 0 amide bonds. The fourth-order valence-electron chi connectivity index (χ4n) is 1.74. The Morgan fingerprint density at radius 2 is 2.00 bits per heavy atom. The zero-order valence-electron chi connectivity index (χ0n) is 12.2. The first-order valence-electron chi connectivity index (χ1n) is 6.78. The number of rotatable bonds is 8. The Kier molecular flexibility index (Phi) is 6.00. The van der Waals surface area contributed by atoms with Crippen molar-refractivity contribution >= 4 is 5.97 Å². The molecule has 0 fully saturated rings. The van der Waals surface area contributed by atoms with Gasteiger partial charge in [0, 0.05) is 0 Å². The highest BCUT2D eigenvalue weighted by Crippen LogP contribution is 2.13. The standard InChI is InChI=1S/C16H18O6/c1-19-16(18)12-4-6-14(7-5-12)22-10-13(17)9-20-11-15-3-2-8-21-15/h2-8,13,17H,9-11H2,1H3. The van der Waals surface area contributed by atoms with E-state index in [4.69, 9.17) is 13.9 Å². The molecule has 1 unspecified atom stereocenters. The Hall–Kier alpha value is -2.31. The predicted octanol–water partition coefficient (Wildman–Crippen LogP) is 2.02. The number of aliphatic hydroxyl groups excluding tert-OH is 1. The molecule has 6 heteroatoms. The molecule has 2 aromatic rings. The average molecular weight is 306 g/mol. The molecular formula is C16H18O6. The van der Waals surface area contributed by atoms with Crippen LogP contribution in [0.2, 0.25) is 0 Å². The van der Waals surface area contributed by atoms with E-state index in [0.717, 1.165) is 0 Å². The fourth-order valence-corrected chi connectivity index (χ4v) is 1.74. The number of carbonyl (C=O) groups is 1. The first kappa shape index (κ1) is 16.1. The molecule has 0 saturated heterocycles. The van der Waals surface area contributed by atoms with E-state index < -0.39 is 12.1 Å². The molecule has 0 aliphatic carbocycles. The van der Waals surface area contributed by atoms with Crippen molar-refractivity contribution in [2.45, 2.75) is 12.7 Å². The van der Waals surface area contributed by atoms with Crippen molar-refractivity contribution in [3.63, 3.8) is 0 Å². The Morgan fingerprint density at radius 1 is 1.23 bits per heavy atom. The maximum absolute atomic E-state index is 11.3. The maximum Gasteiger partial charge on any atom is 0.337 e. The third-order valence-electron chi connectivity index (χ3n) is 2.85. The second-order valence-electron chi connectivity index (χ2n) is 4.58. The number of benzene rings is 1. The van der Waals surface area contributed by atoms with Crippen LogP contribution in [0.1, 0.15) is 16.1 Å². The van der Waals surface area contributed by atoms with Crippen LogP contribution in [-0.2, 0) is 16.1 Å². The number of hydrogen-bond acceptors (Lipinski definition) is 6. The lowest BCUT2D eigenvalue weighted by Crippen LogP contribution is -2.23. The molecule has 1 N–H and O–H groups in total. The number of ether oxygens (including phenoxy) is 3. The summed E-state index contributed by atoms with van der Waals surface area (Å²) in [4.78, 5) is 11.3. The van der Waals surface area contributed by atoms with E-state index >= 15 is 0 Å². The van der Waals surface area contributed by atoms with Gasteiger partial charge in [0.25, 0.3) is 0 Å². The van der Waals surface area contributed by atoms with Gasteiger partial charge in [-0.15, -0.1) is 0 Å². The van der Waals surface area contributed by atoms with Crippen molar-refractivity contribution in [2.75, 3.05) is 20.3 Å². The molecule has 1 aromatic heterocycles. The van der Waals surface area contributed by atoms with Crippen LogP contribution in [0.5, 0.6) is 5.75 Å². The van der Waals surface area contributed by atoms with Crippen LogP contribution < -0.4 is 4.74 Å². The number of carbonyl (C=O) groups excluding carboxylic acids is 1. The van der Waals surface area contributed by atoms with E-state index in [1.54, 1.807) is 42.7 Å². The van der Waals surface area contributed by atoms with Crippen molar-refractivity contribution in [3.8, 4) is 5.75 Å². The Morgan fingerprint density at radius 3 is 2.64 bits per heavy atom. The van der Waals surface area contributed by atoms with E-state index in [9.17, 15) is 9.90 Å². The van der Waals surface area contributed by atoms with E-state index in [1.807, 2.05) is 0 Å². The van der Waals surface area contributed by atoms with Crippen LogP contribution >= 0.6 is 0 Å². The van der Waals surface area contributed by atoms with E-state index in [2.05, 4.69) is 4.74 Å². The quantitative estimate of drug-likeness (QED) is 0.752. The summed E-state index contributed by atoms with van der Waals surface area (Å²) in [5.41, 5.74) is 0.442. The lowest BCUT2D eigenvalue weighted by atomic mass is 10.2. The fraction of sp³-hybridized carbons (Fsp3) is 0.312. The zero-order chi connectivity index (χ0) is 15.8. The SMILES string of the molecule is COC(=O)c1ccc(OCC(O)COCc2ccco2)cc1. The van der Waals surface area contributed by atoms with Gasteiger partial charge in [0.2, 0.25) is 0 Å². The number of aliphatic hydroxyl groups is 1. The van der Waals surface area contributed by atoms with Gasteiger partial charge >= 0.3 is 5.97 Å². The van der Waals surface area contributed by atoms with Crippen molar-refractivity contribution < 1.29 is 28.5 Å². The maximum atomic E-state index is 11.3. The second kappa shape index (κ2) is 8.21. The van der Waals surface area contributed by atoms with E-state index in [1.165, 1.54) is 7.11 Å². The number of esters is 1. The topological polar surface area (TPSA) is 78.1 Å². The first-order chi connectivity index (χ1) is 10.7. The Balaban J connectivity index is 1.69. The first-order valence-corrected chi connectivity index (χ1v) is 6.78. The summed E-state index contributed by atoms with van der Waals surface area (Å²) in [7, 11) is 1.33. The molecule has 0 spiro atoms. The lowest BCUT2D eigenvalue weighted by molar-refractivity contribution is 0.000872. The van der Waals surface area contributed by atoms with Crippen molar-refractivity contribution in [1.82, 2.24) is 0 Å². The molecule has 1 heterocycles. The second-order valence-corrected chi connectivity index (χ2v) is 4.58. The molecule has 0 aliphatic rings. The van der Waals surface area contributed by atoms with Crippen molar-refractivity contribution in [3.05, 3.63) is 54.0 Å². The minimum absolute atomic E-state index is 0.0930. The summed E-state index contributed by atoms with van der Waals surface area (Å²) in [5.74, 6) is 0.849. The number of methoxy groups -OCH3 is 1. The van der Waals surface area contributed by atoms with Crippen LogP contribution in [0.4, 0.5) is 0 Å².